The fourth-order valence-electron chi connectivity index (χ4n) is 1.38. The zero-order chi connectivity index (χ0) is 13.0. The quantitative estimate of drug-likeness (QED) is 0.797. The third-order valence-corrected chi connectivity index (χ3v) is 3.20. The fourth-order valence-corrected chi connectivity index (χ4v) is 2.12. The molecule has 0 fully saturated rings. The molecule has 0 radical (unpaired) electrons. The summed E-state index contributed by atoms with van der Waals surface area (Å²) in [5.41, 5.74) is 0.475. The molecule has 0 atom stereocenters. The van der Waals surface area contributed by atoms with Gasteiger partial charge in [0, 0.05) is 17.0 Å². The lowest BCUT2D eigenvalue weighted by molar-refractivity contribution is 0.0606. The smallest absolute Gasteiger partial charge is 0.348 e. The third kappa shape index (κ3) is 2.87. The molecule has 3 nitrogen and oxygen atoms in total. The molecule has 2 aromatic rings. The number of rotatable bonds is 4. The predicted octanol–water partition coefficient (Wildman–Crippen LogP) is 3.25. The molecule has 0 spiro atoms. The molecule has 18 heavy (non-hydrogen) atoms. The van der Waals surface area contributed by atoms with Crippen molar-refractivity contribution in [2.24, 2.45) is 0 Å². The molecule has 0 saturated heterocycles. The van der Waals surface area contributed by atoms with Crippen LogP contribution in [0.1, 0.15) is 15.2 Å². The van der Waals surface area contributed by atoms with Gasteiger partial charge in [0.1, 0.15) is 23.1 Å². The van der Waals surface area contributed by atoms with Gasteiger partial charge < -0.3 is 9.47 Å². The molecule has 94 valence electrons. The van der Waals surface area contributed by atoms with Crippen molar-refractivity contribution in [3.8, 4) is 5.75 Å². The minimum Gasteiger partial charge on any atom is -0.488 e. The number of hydrogen-bond acceptors (Lipinski definition) is 4. The average molecular weight is 266 g/mol. The van der Waals surface area contributed by atoms with Crippen LogP contribution in [0.3, 0.4) is 0 Å². The lowest BCUT2D eigenvalue weighted by atomic mass is 10.2. The van der Waals surface area contributed by atoms with Gasteiger partial charge in [0.25, 0.3) is 0 Å². The van der Waals surface area contributed by atoms with Crippen molar-refractivity contribution in [2.45, 2.75) is 6.61 Å². The highest BCUT2D eigenvalue weighted by Crippen LogP contribution is 2.23. The summed E-state index contributed by atoms with van der Waals surface area (Å²) in [6.07, 6.45) is 0. The number of benzene rings is 1. The molecule has 0 aliphatic heterocycles. The first-order valence-corrected chi connectivity index (χ1v) is 6.11. The van der Waals surface area contributed by atoms with Gasteiger partial charge in [0.2, 0.25) is 0 Å². The Kier molecular flexibility index (Phi) is 3.94. The van der Waals surface area contributed by atoms with Crippen molar-refractivity contribution < 1.29 is 18.7 Å². The van der Waals surface area contributed by atoms with Gasteiger partial charge in [-0.05, 0) is 6.07 Å². The van der Waals surface area contributed by atoms with Crippen LogP contribution in [0.15, 0.2) is 35.7 Å². The zero-order valence-corrected chi connectivity index (χ0v) is 10.5. The molecular formula is C13H11FO3S. The van der Waals surface area contributed by atoms with Gasteiger partial charge in [-0.2, -0.15) is 0 Å². The second kappa shape index (κ2) is 5.64. The van der Waals surface area contributed by atoms with E-state index in [0.717, 1.165) is 0 Å². The summed E-state index contributed by atoms with van der Waals surface area (Å²) in [4.78, 5) is 11.7. The minimum absolute atomic E-state index is 0.129. The normalized spacial score (nSPS) is 10.1. The summed E-state index contributed by atoms with van der Waals surface area (Å²) >= 11 is 1.23. The fraction of sp³-hybridized carbons (Fsp3) is 0.154. The molecule has 1 aromatic carbocycles. The van der Waals surface area contributed by atoms with Crippen LogP contribution in [-0.4, -0.2) is 13.1 Å². The van der Waals surface area contributed by atoms with Gasteiger partial charge in [-0.25, -0.2) is 9.18 Å². The van der Waals surface area contributed by atoms with Crippen LogP contribution < -0.4 is 4.74 Å². The zero-order valence-electron chi connectivity index (χ0n) is 9.68. The molecule has 0 unspecified atom stereocenters. The van der Waals surface area contributed by atoms with Crippen molar-refractivity contribution in [3.05, 3.63) is 52.0 Å². The summed E-state index contributed by atoms with van der Waals surface area (Å²) in [5, 5.41) is 1.69. The van der Waals surface area contributed by atoms with Crippen molar-refractivity contribution in [1.82, 2.24) is 0 Å². The number of carbonyl (C=O) groups excluding carboxylic acids is 1. The first-order valence-electron chi connectivity index (χ1n) is 5.24. The first-order chi connectivity index (χ1) is 8.70. The molecule has 5 heteroatoms. The van der Waals surface area contributed by atoms with E-state index in [1.54, 1.807) is 29.6 Å². The van der Waals surface area contributed by atoms with E-state index in [-0.39, 0.29) is 12.4 Å². The number of halogens is 1. The second-order valence-corrected chi connectivity index (χ2v) is 4.43. The number of hydrogen-bond donors (Lipinski definition) is 0. The highest BCUT2D eigenvalue weighted by molar-refractivity contribution is 7.12. The highest BCUT2D eigenvalue weighted by Gasteiger charge is 2.10. The standard InChI is InChI=1S/C13H11FO3S/c1-16-13(15)12-6-10(8-18-12)17-7-9-4-2-3-5-11(9)14/h2-6,8H,7H2,1H3. The van der Waals surface area contributed by atoms with Crippen LogP contribution in [0.2, 0.25) is 0 Å². The minimum atomic E-state index is -0.402. The molecule has 0 aliphatic rings. The number of thiophene rings is 1. The molecule has 0 N–H and O–H groups in total. The summed E-state index contributed by atoms with van der Waals surface area (Å²) in [7, 11) is 1.32. The van der Waals surface area contributed by atoms with Crippen LogP contribution in [-0.2, 0) is 11.3 Å². The molecule has 0 bridgehead atoms. The van der Waals surface area contributed by atoms with Crippen molar-refractivity contribution in [1.29, 1.82) is 0 Å². The van der Waals surface area contributed by atoms with E-state index < -0.39 is 5.97 Å². The average Bonchev–Trinajstić information content (AvgIpc) is 2.86. The summed E-state index contributed by atoms with van der Waals surface area (Å²) < 4.78 is 23.3. The molecular weight excluding hydrogens is 255 g/mol. The maximum atomic E-state index is 13.3. The van der Waals surface area contributed by atoms with E-state index in [2.05, 4.69) is 4.74 Å². The Morgan fingerprint density at radius 3 is 2.89 bits per heavy atom. The van der Waals surface area contributed by atoms with Gasteiger partial charge in [-0.3, -0.25) is 0 Å². The maximum absolute atomic E-state index is 13.3. The molecule has 0 saturated carbocycles. The largest absolute Gasteiger partial charge is 0.488 e. The lowest BCUT2D eigenvalue weighted by Crippen LogP contribution is -1.98. The summed E-state index contributed by atoms with van der Waals surface area (Å²) in [5.74, 6) is -0.176. The Morgan fingerprint density at radius 1 is 1.39 bits per heavy atom. The van der Waals surface area contributed by atoms with Gasteiger partial charge in [0.15, 0.2) is 0 Å². The Labute approximate surface area is 108 Å². The predicted molar refractivity (Wildman–Crippen MR) is 66.4 cm³/mol. The highest BCUT2D eigenvalue weighted by atomic mass is 32.1. The second-order valence-electron chi connectivity index (χ2n) is 3.52. The molecule has 1 aromatic heterocycles. The Balaban J connectivity index is 2.01. The van der Waals surface area contributed by atoms with Crippen molar-refractivity contribution >= 4 is 17.3 Å². The van der Waals surface area contributed by atoms with Gasteiger partial charge in [-0.1, -0.05) is 18.2 Å². The van der Waals surface area contributed by atoms with E-state index in [9.17, 15) is 9.18 Å². The lowest BCUT2D eigenvalue weighted by Gasteiger charge is -2.04. The van der Waals surface area contributed by atoms with E-state index >= 15 is 0 Å². The summed E-state index contributed by atoms with van der Waals surface area (Å²) in [6, 6.07) is 7.99. The maximum Gasteiger partial charge on any atom is 0.348 e. The van der Waals surface area contributed by atoms with Crippen LogP contribution in [0.4, 0.5) is 4.39 Å². The Morgan fingerprint density at radius 2 is 2.17 bits per heavy atom. The van der Waals surface area contributed by atoms with Crippen LogP contribution >= 0.6 is 11.3 Å². The van der Waals surface area contributed by atoms with E-state index in [0.29, 0.717) is 16.2 Å². The van der Waals surface area contributed by atoms with E-state index in [1.807, 2.05) is 0 Å². The van der Waals surface area contributed by atoms with Gasteiger partial charge >= 0.3 is 5.97 Å². The topological polar surface area (TPSA) is 35.5 Å². The third-order valence-electron chi connectivity index (χ3n) is 2.31. The molecule has 1 heterocycles. The van der Waals surface area contributed by atoms with E-state index in [1.165, 1.54) is 24.5 Å². The number of esters is 1. The number of carbonyl (C=O) groups is 1. The van der Waals surface area contributed by atoms with Crippen molar-refractivity contribution in [2.75, 3.05) is 7.11 Å². The van der Waals surface area contributed by atoms with Gasteiger partial charge in [0.05, 0.1) is 7.11 Å². The number of methoxy groups -OCH3 is 1. The summed E-state index contributed by atoms with van der Waals surface area (Å²) in [6.45, 7) is 0.129. The Hall–Kier alpha value is -1.88. The van der Waals surface area contributed by atoms with Crippen LogP contribution in [0, 0.1) is 5.82 Å². The molecule has 2 rings (SSSR count). The van der Waals surface area contributed by atoms with Crippen molar-refractivity contribution in [3.63, 3.8) is 0 Å². The Bertz CT molecular complexity index is 551. The molecule has 0 aliphatic carbocycles. The van der Waals surface area contributed by atoms with Crippen LogP contribution in [0.25, 0.3) is 0 Å². The first kappa shape index (κ1) is 12.6. The van der Waals surface area contributed by atoms with Crippen LogP contribution in [0.5, 0.6) is 5.75 Å². The number of ether oxygens (including phenoxy) is 2. The monoisotopic (exact) mass is 266 g/mol. The van der Waals surface area contributed by atoms with Gasteiger partial charge in [-0.15, -0.1) is 11.3 Å². The SMILES string of the molecule is COC(=O)c1cc(OCc2ccccc2F)cs1. The van der Waals surface area contributed by atoms with E-state index in [4.69, 9.17) is 4.74 Å². The molecule has 0 amide bonds.